The van der Waals surface area contributed by atoms with Crippen LogP contribution in [0.3, 0.4) is 0 Å². The van der Waals surface area contributed by atoms with E-state index in [2.05, 4.69) is 63.8 Å². The highest BCUT2D eigenvalue weighted by Crippen LogP contribution is 2.36. The fourth-order valence-electron chi connectivity index (χ4n) is 5.64. The van der Waals surface area contributed by atoms with Gasteiger partial charge in [-0.05, 0) is 67.0 Å². The highest BCUT2D eigenvalue weighted by atomic mass is 15.1. The molecule has 0 radical (unpaired) electrons. The van der Waals surface area contributed by atoms with Crippen LogP contribution >= 0.6 is 0 Å². The lowest BCUT2D eigenvalue weighted by Crippen LogP contribution is -2.08. The molecule has 0 fully saturated rings. The highest BCUT2D eigenvalue weighted by Gasteiger charge is 2.23. The fourth-order valence-corrected chi connectivity index (χ4v) is 5.64. The number of hydrogen-bond donors (Lipinski definition) is 0. The predicted octanol–water partition coefficient (Wildman–Crippen LogP) is 6.98. The van der Waals surface area contributed by atoms with Crippen molar-refractivity contribution in [1.82, 2.24) is 14.1 Å². The summed E-state index contributed by atoms with van der Waals surface area (Å²) in [4.78, 5) is 5.19. The molecule has 5 heteroatoms. The predicted molar refractivity (Wildman–Crippen MR) is 147 cm³/mol. The fraction of sp³-hybridized carbons (Fsp3) is 0.0938. The SMILES string of the molecule is N#Cc1ccc2c(c1)c1c(n2-c2cccc(-n3c4c(c5ccccc53)CC(C#N)C=C4)n2)C=CCC=C1. The summed E-state index contributed by atoms with van der Waals surface area (Å²) in [6, 6.07) is 25.0. The number of rotatable bonds is 2. The molecule has 1 atom stereocenters. The molecule has 174 valence electrons. The van der Waals surface area contributed by atoms with E-state index in [9.17, 15) is 10.5 Å². The van der Waals surface area contributed by atoms with Crippen LogP contribution < -0.4 is 0 Å². The number of allylic oxidation sites excluding steroid dienone is 3. The average molecular weight is 476 g/mol. The van der Waals surface area contributed by atoms with Crippen LogP contribution in [-0.2, 0) is 6.42 Å². The summed E-state index contributed by atoms with van der Waals surface area (Å²) in [6.45, 7) is 0. The third-order valence-electron chi connectivity index (χ3n) is 7.28. The van der Waals surface area contributed by atoms with Crippen LogP contribution in [0.4, 0.5) is 0 Å². The van der Waals surface area contributed by atoms with E-state index in [-0.39, 0.29) is 5.92 Å². The molecule has 7 rings (SSSR count). The number of para-hydroxylation sites is 1. The second-order valence-corrected chi connectivity index (χ2v) is 9.39. The number of nitrogens with zero attached hydrogens (tertiary/aromatic N) is 5. The molecule has 3 aromatic heterocycles. The van der Waals surface area contributed by atoms with Gasteiger partial charge in [0, 0.05) is 16.3 Å². The maximum atomic E-state index is 9.54. The number of aromatic nitrogens is 3. The second-order valence-electron chi connectivity index (χ2n) is 9.39. The monoisotopic (exact) mass is 475 g/mol. The maximum Gasteiger partial charge on any atom is 0.140 e. The van der Waals surface area contributed by atoms with E-state index >= 15 is 0 Å². The average Bonchev–Trinajstić information content (AvgIpc) is 3.32. The van der Waals surface area contributed by atoms with Gasteiger partial charge in [-0.3, -0.25) is 9.13 Å². The summed E-state index contributed by atoms with van der Waals surface area (Å²) in [5.74, 6) is 1.52. The Morgan fingerprint density at radius 1 is 0.784 bits per heavy atom. The van der Waals surface area contributed by atoms with E-state index in [4.69, 9.17) is 4.98 Å². The summed E-state index contributed by atoms with van der Waals surface area (Å²) in [6.07, 6.45) is 14.2. The number of benzene rings is 2. The van der Waals surface area contributed by atoms with Crippen LogP contribution in [0.1, 0.15) is 34.5 Å². The first-order chi connectivity index (χ1) is 18.3. The molecule has 0 aliphatic heterocycles. The lowest BCUT2D eigenvalue weighted by molar-refractivity contribution is 0.807. The van der Waals surface area contributed by atoms with Crippen molar-refractivity contribution < 1.29 is 0 Å². The van der Waals surface area contributed by atoms with Crippen molar-refractivity contribution in [1.29, 1.82) is 10.5 Å². The number of pyridine rings is 1. The van der Waals surface area contributed by atoms with Gasteiger partial charge in [-0.1, -0.05) is 48.6 Å². The van der Waals surface area contributed by atoms with Gasteiger partial charge in [0.1, 0.15) is 11.6 Å². The molecule has 0 saturated heterocycles. The molecular weight excluding hydrogens is 454 g/mol. The van der Waals surface area contributed by atoms with E-state index in [1.165, 1.54) is 5.56 Å². The van der Waals surface area contributed by atoms with Crippen LogP contribution in [-0.4, -0.2) is 14.1 Å². The van der Waals surface area contributed by atoms with Crippen molar-refractivity contribution in [3.63, 3.8) is 0 Å². The zero-order valence-electron chi connectivity index (χ0n) is 20.0. The lowest BCUT2D eigenvalue weighted by atomic mass is 9.93. The Balaban J connectivity index is 1.48. The van der Waals surface area contributed by atoms with Gasteiger partial charge in [0.05, 0.1) is 46.0 Å². The van der Waals surface area contributed by atoms with Crippen molar-refractivity contribution in [2.45, 2.75) is 12.8 Å². The second kappa shape index (κ2) is 8.22. The molecule has 0 amide bonds. The minimum atomic E-state index is -0.120. The zero-order valence-corrected chi connectivity index (χ0v) is 20.0. The number of nitriles is 2. The standard InChI is InChI=1S/C32H21N5/c33-19-21-13-15-29-25(17-21)23-7-2-1-3-9-27(23)36(29)31-11-6-12-32(35-31)37-28-10-5-4-8-24(28)26-18-22(20-34)14-16-30(26)37/h2-17,22H,1,18H2. The maximum absolute atomic E-state index is 9.54. The molecule has 2 aliphatic rings. The van der Waals surface area contributed by atoms with Gasteiger partial charge in [-0.25, -0.2) is 4.98 Å². The first kappa shape index (κ1) is 21.2. The van der Waals surface area contributed by atoms with Gasteiger partial charge in [-0.2, -0.15) is 10.5 Å². The quantitative estimate of drug-likeness (QED) is 0.276. The molecular formula is C32H21N5. The van der Waals surface area contributed by atoms with Crippen molar-refractivity contribution in [3.8, 4) is 23.8 Å². The van der Waals surface area contributed by atoms with Gasteiger partial charge in [-0.15, -0.1) is 0 Å². The van der Waals surface area contributed by atoms with Gasteiger partial charge < -0.3 is 0 Å². The van der Waals surface area contributed by atoms with Crippen molar-refractivity contribution in [3.05, 3.63) is 107 Å². The smallest absolute Gasteiger partial charge is 0.140 e. The minimum absolute atomic E-state index is 0.120. The Morgan fingerprint density at radius 3 is 2.41 bits per heavy atom. The van der Waals surface area contributed by atoms with Crippen LogP contribution in [0.5, 0.6) is 0 Å². The Morgan fingerprint density at radius 2 is 1.57 bits per heavy atom. The van der Waals surface area contributed by atoms with Crippen LogP contribution in [0.15, 0.2) is 78.9 Å². The summed E-state index contributed by atoms with van der Waals surface area (Å²) >= 11 is 0. The highest BCUT2D eigenvalue weighted by molar-refractivity contribution is 5.96. The largest absolute Gasteiger partial charge is 0.294 e. The molecule has 1 unspecified atom stereocenters. The van der Waals surface area contributed by atoms with Crippen molar-refractivity contribution in [2.24, 2.45) is 5.92 Å². The summed E-state index contributed by atoms with van der Waals surface area (Å²) < 4.78 is 4.38. The molecule has 2 aromatic carbocycles. The molecule has 0 spiro atoms. The Kier molecular flexibility index (Phi) is 4.71. The van der Waals surface area contributed by atoms with E-state index in [1.54, 1.807) is 0 Å². The molecule has 0 saturated carbocycles. The number of fused-ring (bicyclic) bond motifs is 6. The topological polar surface area (TPSA) is 70.3 Å². The molecule has 3 heterocycles. The van der Waals surface area contributed by atoms with Crippen molar-refractivity contribution in [2.75, 3.05) is 0 Å². The molecule has 37 heavy (non-hydrogen) atoms. The molecule has 5 nitrogen and oxygen atoms in total. The van der Waals surface area contributed by atoms with Crippen LogP contribution in [0.25, 0.3) is 51.7 Å². The summed E-state index contributed by atoms with van der Waals surface area (Å²) in [5, 5.41) is 21.2. The zero-order chi connectivity index (χ0) is 24.9. The van der Waals surface area contributed by atoms with Gasteiger partial charge in [0.15, 0.2) is 0 Å². The third-order valence-corrected chi connectivity index (χ3v) is 7.28. The molecule has 5 aromatic rings. The normalized spacial score (nSPS) is 15.8. The summed E-state index contributed by atoms with van der Waals surface area (Å²) in [5.41, 5.74) is 7.16. The summed E-state index contributed by atoms with van der Waals surface area (Å²) in [7, 11) is 0. The first-order valence-electron chi connectivity index (χ1n) is 12.4. The number of hydrogen-bond acceptors (Lipinski definition) is 3. The molecule has 0 bridgehead atoms. The third kappa shape index (κ3) is 3.19. The van der Waals surface area contributed by atoms with Crippen LogP contribution in [0.2, 0.25) is 0 Å². The van der Waals surface area contributed by atoms with Gasteiger partial charge >= 0.3 is 0 Å². The van der Waals surface area contributed by atoms with Crippen molar-refractivity contribution >= 4 is 40.0 Å². The lowest BCUT2D eigenvalue weighted by Gasteiger charge is -2.15. The Labute approximate surface area is 214 Å². The van der Waals surface area contributed by atoms with E-state index in [0.29, 0.717) is 12.0 Å². The molecule has 0 N–H and O–H groups in total. The first-order valence-corrected chi connectivity index (χ1v) is 12.4. The molecule has 2 aliphatic carbocycles. The van der Waals surface area contributed by atoms with Gasteiger partial charge in [0.2, 0.25) is 0 Å². The van der Waals surface area contributed by atoms with Gasteiger partial charge in [0.25, 0.3) is 0 Å². The minimum Gasteiger partial charge on any atom is -0.294 e. The van der Waals surface area contributed by atoms with E-state index < -0.39 is 0 Å². The van der Waals surface area contributed by atoms with E-state index in [1.807, 2.05) is 54.6 Å². The van der Waals surface area contributed by atoms with Crippen LogP contribution in [0, 0.1) is 28.6 Å². The Hall–Kier alpha value is -5.13. The Bertz CT molecular complexity index is 1910. The van der Waals surface area contributed by atoms with E-state index in [0.717, 1.165) is 56.8 Å².